The quantitative estimate of drug-likeness (QED) is 0.284. The van der Waals surface area contributed by atoms with Gasteiger partial charge in [-0.2, -0.15) is 0 Å². The van der Waals surface area contributed by atoms with Crippen molar-refractivity contribution >= 4 is 11.9 Å². The van der Waals surface area contributed by atoms with Crippen LogP contribution >= 0.6 is 0 Å². The number of unbranched alkanes of at least 4 members (excludes halogenated alkanes) is 1. The van der Waals surface area contributed by atoms with Crippen LogP contribution < -0.4 is 0 Å². The summed E-state index contributed by atoms with van der Waals surface area (Å²) in [6, 6.07) is 0. The van der Waals surface area contributed by atoms with Crippen molar-refractivity contribution in [2.75, 3.05) is 26.4 Å². The Bertz CT molecular complexity index is 520. The summed E-state index contributed by atoms with van der Waals surface area (Å²) in [5.41, 5.74) is 0. The van der Waals surface area contributed by atoms with Gasteiger partial charge < -0.3 is 18.9 Å². The van der Waals surface area contributed by atoms with Gasteiger partial charge in [0.05, 0.1) is 38.6 Å². The highest BCUT2D eigenvalue weighted by Gasteiger charge is 2.37. The van der Waals surface area contributed by atoms with E-state index in [2.05, 4.69) is 0 Å². The van der Waals surface area contributed by atoms with Gasteiger partial charge in [-0.1, -0.05) is 12.8 Å². The number of esters is 2. The molecule has 0 bridgehead atoms. The lowest BCUT2D eigenvalue weighted by Crippen LogP contribution is -2.24. The van der Waals surface area contributed by atoms with Crippen molar-refractivity contribution in [1.82, 2.24) is 0 Å². The van der Waals surface area contributed by atoms with Crippen LogP contribution in [0.3, 0.4) is 0 Å². The summed E-state index contributed by atoms with van der Waals surface area (Å²) in [6.45, 7) is 2.91. The summed E-state index contributed by atoms with van der Waals surface area (Å²) in [5, 5.41) is 0. The molecule has 2 heterocycles. The van der Waals surface area contributed by atoms with Crippen molar-refractivity contribution < 1.29 is 28.5 Å². The van der Waals surface area contributed by atoms with E-state index in [4.69, 9.17) is 18.9 Å². The van der Waals surface area contributed by atoms with E-state index in [9.17, 15) is 9.59 Å². The number of hydrogen-bond donors (Lipinski definition) is 0. The Kier molecular flexibility index (Phi) is 8.05. The van der Waals surface area contributed by atoms with Crippen molar-refractivity contribution in [1.29, 1.82) is 0 Å². The molecule has 6 atom stereocenters. The summed E-state index contributed by atoms with van der Waals surface area (Å²) >= 11 is 0. The molecule has 0 aromatic carbocycles. The molecule has 2 aliphatic carbocycles. The monoisotopic (exact) mass is 422 g/mol. The molecule has 4 rings (SSSR count). The fourth-order valence-electron chi connectivity index (χ4n) is 5.40. The van der Waals surface area contributed by atoms with Gasteiger partial charge in [0, 0.05) is 12.8 Å². The van der Waals surface area contributed by atoms with E-state index in [1.54, 1.807) is 0 Å². The first-order valence-corrected chi connectivity index (χ1v) is 12.2. The molecule has 2 saturated carbocycles. The maximum absolute atomic E-state index is 12.0. The van der Waals surface area contributed by atoms with Gasteiger partial charge >= 0.3 is 11.9 Å². The van der Waals surface area contributed by atoms with Gasteiger partial charge in [0.15, 0.2) is 0 Å². The summed E-state index contributed by atoms with van der Waals surface area (Å²) < 4.78 is 21.8. The lowest BCUT2D eigenvalue weighted by Gasteiger charge is -2.27. The molecule has 0 aromatic rings. The Morgan fingerprint density at radius 2 is 1.13 bits per heavy atom. The number of carbonyl (C=O) groups is 2. The molecule has 6 nitrogen and oxygen atoms in total. The molecule has 2 saturated heterocycles. The van der Waals surface area contributed by atoms with Crippen LogP contribution in [-0.4, -0.2) is 50.6 Å². The molecule has 0 N–H and O–H groups in total. The molecule has 0 radical (unpaired) electrons. The summed E-state index contributed by atoms with van der Waals surface area (Å²) in [4.78, 5) is 24.0. The van der Waals surface area contributed by atoms with Gasteiger partial charge in [0.25, 0.3) is 0 Å². The van der Waals surface area contributed by atoms with E-state index >= 15 is 0 Å². The van der Waals surface area contributed by atoms with Crippen LogP contribution in [0.1, 0.15) is 77.0 Å². The maximum Gasteiger partial charge on any atom is 0.305 e. The first-order valence-electron chi connectivity index (χ1n) is 12.2. The Morgan fingerprint density at radius 1 is 0.700 bits per heavy atom. The predicted molar refractivity (Wildman–Crippen MR) is 111 cm³/mol. The molecule has 4 fully saturated rings. The molecule has 6 unspecified atom stereocenters. The first-order chi connectivity index (χ1) is 14.7. The van der Waals surface area contributed by atoms with E-state index in [-0.39, 0.29) is 11.9 Å². The second kappa shape index (κ2) is 10.9. The van der Waals surface area contributed by atoms with E-state index in [1.165, 1.54) is 25.7 Å². The third-order valence-electron chi connectivity index (χ3n) is 7.39. The number of epoxide rings is 2. The largest absolute Gasteiger partial charge is 0.465 e. The minimum Gasteiger partial charge on any atom is -0.465 e. The number of carbonyl (C=O) groups excluding carboxylic acids is 2. The minimum atomic E-state index is -0.135. The smallest absolute Gasteiger partial charge is 0.305 e. The topological polar surface area (TPSA) is 77.7 Å². The van der Waals surface area contributed by atoms with Crippen molar-refractivity contribution in [3.8, 4) is 0 Å². The lowest BCUT2D eigenvalue weighted by molar-refractivity contribution is -0.147. The Hall–Kier alpha value is -1.14. The van der Waals surface area contributed by atoms with Crippen molar-refractivity contribution in [2.24, 2.45) is 23.7 Å². The Morgan fingerprint density at radius 3 is 1.53 bits per heavy atom. The molecule has 4 aliphatic rings. The van der Waals surface area contributed by atoms with Crippen LogP contribution in [0.15, 0.2) is 0 Å². The molecular weight excluding hydrogens is 384 g/mol. The fraction of sp³-hybridized carbons (Fsp3) is 0.917. The molecule has 0 amide bonds. The second-order valence-electron chi connectivity index (χ2n) is 9.90. The SMILES string of the molecule is O=C(CCCCC(=O)OCC1CCCC(C2CO2)C1)OCC1CCCC(C2CO2)C1. The molecule has 0 aromatic heterocycles. The second-order valence-corrected chi connectivity index (χ2v) is 9.90. The van der Waals surface area contributed by atoms with E-state index < -0.39 is 0 Å². The molecule has 6 heteroatoms. The highest BCUT2D eigenvalue weighted by molar-refractivity contribution is 5.70. The van der Waals surface area contributed by atoms with Crippen LogP contribution in [0, 0.1) is 23.7 Å². The standard InChI is InChI=1S/C24H38O6/c25-23(29-13-17-5-3-7-19(11-17)21-15-27-21)9-1-2-10-24(26)30-14-18-6-4-8-20(12-18)22-16-28-22/h17-22H,1-16H2. The number of hydrogen-bond acceptors (Lipinski definition) is 6. The molecule has 30 heavy (non-hydrogen) atoms. The lowest BCUT2D eigenvalue weighted by atomic mass is 9.80. The van der Waals surface area contributed by atoms with E-state index in [0.29, 0.717) is 74.8 Å². The van der Waals surface area contributed by atoms with Gasteiger partial charge in [0.1, 0.15) is 0 Å². The number of rotatable bonds is 11. The Balaban J connectivity index is 1.00. The average molecular weight is 423 g/mol. The zero-order valence-corrected chi connectivity index (χ0v) is 18.2. The van der Waals surface area contributed by atoms with Crippen LogP contribution in [0.2, 0.25) is 0 Å². The number of ether oxygens (including phenoxy) is 4. The van der Waals surface area contributed by atoms with Gasteiger partial charge in [-0.15, -0.1) is 0 Å². The minimum absolute atomic E-state index is 0.135. The third kappa shape index (κ3) is 7.23. The first kappa shape index (κ1) is 22.1. The van der Waals surface area contributed by atoms with Gasteiger partial charge in [-0.3, -0.25) is 9.59 Å². The third-order valence-corrected chi connectivity index (χ3v) is 7.39. The highest BCUT2D eigenvalue weighted by Crippen LogP contribution is 2.37. The zero-order valence-electron chi connectivity index (χ0n) is 18.2. The molecule has 170 valence electrons. The maximum atomic E-state index is 12.0. The van der Waals surface area contributed by atoms with Crippen molar-refractivity contribution in [2.45, 2.75) is 89.3 Å². The van der Waals surface area contributed by atoms with Crippen LogP contribution in [-0.2, 0) is 28.5 Å². The van der Waals surface area contributed by atoms with E-state index in [0.717, 1.165) is 38.9 Å². The Labute approximate surface area is 180 Å². The van der Waals surface area contributed by atoms with E-state index in [1.807, 2.05) is 0 Å². The summed E-state index contributed by atoms with van der Waals surface area (Å²) in [5.74, 6) is 2.02. The zero-order chi connectivity index (χ0) is 20.8. The molecule has 0 spiro atoms. The van der Waals surface area contributed by atoms with Gasteiger partial charge in [0.2, 0.25) is 0 Å². The van der Waals surface area contributed by atoms with Gasteiger partial charge in [-0.25, -0.2) is 0 Å². The predicted octanol–water partition coefficient (Wildman–Crippen LogP) is 4.04. The molecule has 2 aliphatic heterocycles. The summed E-state index contributed by atoms with van der Waals surface area (Å²) in [6.07, 6.45) is 12.6. The van der Waals surface area contributed by atoms with Crippen LogP contribution in [0.4, 0.5) is 0 Å². The van der Waals surface area contributed by atoms with Crippen LogP contribution in [0.25, 0.3) is 0 Å². The fourth-order valence-corrected chi connectivity index (χ4v) is 5.40. The highest BCUT2D eigenvalue weighted by atomic mass is 16.6. The van der Waals surface area contributed by atoms with Crippen molar-refractivity contribution in [3.05, 3.63) is 0 Å². The summed E-state index contributed by atoms with van der Waals surface area (Å²) in [7, 11) is 0. The van der Waals surface area contributed by atoms with Crippen molar-refractivity contribution in [3.63, 3.8) is 0 Å². The normalized spacial score (nSPS) is 35.5. The average Bonchev–Trinajstić information content (AvgIpc) is 3.66. The molecular formula is C24H38O6. The van der Waals surface area contributed by atoms with Crippen LogP contribution in [0.5, 0.6) is 0 Å². The van der Waals surface area contributed by atoms with Gasteiger partial charge in [-0.05, 0) is 75.0 Å².